The summed E-state index contributed by atoms with van der Waals surface area (Å²) in [4.78, 5) is 39.7. The van der Waals surface area contributed by atoms with Gasteiger partial charge in [-0.1, -0.05) is 5.16 Å². The van der Waals surface area contributed by atoms with Crippen molar-refractivity contribution in [3.63, 3.8) is 0 Å². The topological polar surface area (TPSA) is 92.5 Å². The summed E-state index contributed by atoms with van der Waals surface area (Å²) < 4.78 is 18.6. The van der Waals surface area contributed by atoms with E-state index in [1.807, 2.05) is 13.0 Å². The van der Waals surface area contributed by atoms with Gasteiger partial charge in [-0.25, -0.2) is 4.39 Å². The van der Waals surface area contributed by atoms with E-state index in [0.717, 1.165) is 28.8 Å². The van der Waals surface area contributed by atoms with Gasteiger partial charge in [0.05, 0.1) is 16.6 Å². The number of piperidine rings is 1. The van der Waals surface area contributed by atoms with Crippen molar-refractivity contribution < 1.29 is 23.3 Å². The summed E-state index contributed by atoms with van der Waals surface area (Å²) in [5, 5.41) is 7.76. The largest absolute Gasteiger partial charge is 0.356 e. The molecular weight excluding hydrogens is 445 g/mol. The molecule has 1 N–H and O–H groups in total. The molecule has 0 radical (unpaired) electrons. The number of rotatable bonds is 7. The minimum atomic E-state index is -0.360. The third-order valence-corrected chi connectivity index (χ3v) is 7.32. The van der Waals surface area contributed by atoms with Crippen LogP contribution in [0.3, 0.4) is 0 Å². The predicted molar refractivity (Wildman–Crippen MR) is 123 cm³/mol. The van der Waals surface area contributed by atoms with Gasteiger partial charge in [0.15, 0.2) is 11.4 Å². The second-order valence-electron chi connectivity index (χ2n) is 8.41. The van der Waals surface area contributed by atoms with Crippen molar-refractivity contribution in [2.24, 2.45) is 0 Å². The number of likely N-dealkylation sites (tertiary alicyclic amines) is 1. The highest BCUT2D eigenvalue weighted by Gasteiger charge is 2.27. The molecule has 1 atom stereocenters. The number of ketones is 1. The van der Waals surface area contributed by atoms with E-state index in [9.17, 15) is 18.8 Å². The van der Waals surface area contributed by atoms with Crippen LogP contribution in [0.2, 0.25) is 0 Å². The smallest absolute Gasteiger partial charge is 0.223 e. The lowest BCUT2D eigenvalue weighted by Gasteiger charge is -2.31. The molecule has 0 spiro atoms. The lowest BCUT2D eigenvalue weighted by atomic mass is 9.91. The summed E-state index contributed by atoms with van der Waals surface area (Å²) in [6.07, 6.45) is 1.82. The molecule has 9 heteroatoms. The number of fused-ring (bicyclic) bond motifs is 1. The molecule has 7 nitrogen and oxygen atoms in total. The molecule has 1 aliphatic rings. The van der Waals surface area contributed by atoms with Crippen LogP contribution in [0.15, 0.2) is 34.9 Å². The van der Waals surface area contributed by atoms with Crippen LogP contribution in [0.25, 0.3) is 11.0 Å². The standard InChI is InChI=1S/C24H26FN3O4S/c1-14(26-15(2)29)21-6-7-22(33-21)19(30)5-8-23(31)28-11-9-16(10-12-28)24-18-4-3-17(25)13-20(18)32-27-24/h3-4,6-7,13-14,16H,5,8-12H2,1-2H3,(H,26,29). The summed E-state index contributed by atoms with van der Waals surface area (Å²) >= 11 is 1.35. The highest BCUT2D eigenvalue weighted by atomic mass is 32.1. The number of thiophene rings is 1. The lowest BCUT2D eigenvalue weighted by molar-refractivity contribution is -0.132. The lowest BCUT2D eigenvalue weighted by Crippen LogP contribution is -2.38. The van der Waals surface area contributed by atoms with Crippen LogP contribution in [0.5, 0.6) is 0 Å². The van der Waals surface area contributed by atoms with Crippen LogP contribution in [0.4, 0.5) is 4.39 Å². The number of Topliss-reactive ketones (excluding diaryl/α,β-unsaturated/α-hetero) is 1. The van der Waals surface area contributed by atoms with Crippen LogP contribution in [0, 0.1) is 5.82 Å². The van der Waals surface area contributed by atoms with Crippen molar-refractivity contribution in [2.75, 3.05) is 13.1 Å². The van der Waals surface area contributed by atoms with E-state index in [-0.39, 0.29) is 48.2 Å². The number of benzene rings is 1. The molecule has 2 aromatic heterocycles. The maximum absolute atomic E-state index is 13.4. The Labute approximate surface area is 194 Å². The number of aromatic nitrogens is 1. The van der Waals surface area contributed by atoms with E-state index >= 15 is 0 Å². The van der Waals surface area contributed by atoms with Gasteiger partial charge in [0.1, 0.15) is 5.82 Å². The number of carbonyl (C=O) groups is 3. The van der Waals surface area contributed by atoms with Crippen molar-refractivity contribution in [1.29, 1.82) is 0 Å². The Balaban J connectivity index is 1.27. The van der Waals surface area contributed by atoms with Crippen LogP contribution >= 0.6 is 11.3 Å². The molecule has 1 aliphatic heterocycles. The predicted octanol–water partition coefficient (Wildman–Crippen LogP) is 4.59. The molecule has 33 heavy (non-hydrogen) atoms. The summed E-state index contributed by atoms with van der Waals surface area (Å²) in [7, 11) is 0. The van der Waals surface area contributed by atoms with Crippen molar-refractivity contribution in [1.82, 2.24) is 15.4 Å². The molecule has 0 aliphatic carbocycles. The van der Waals surface area contributed by atoms with Gasteiger partial charge in [-0.3, -0.25) is 14.4 Å². The zero-order chi connectivity index (χ0) is 23.5. The number of halogens is 1. The molecule has 0 saturated carbocycles. The molecular formula is C24H26FN3O4S. The molecule has 2 amide bonds. The van der Waals surface area contributed by atoms with Crippen molar-refractivity contribution in [3.8, 4) is 0 Å². The number of hydrogen-bond acceptors (Lipinski definition) is 6. The molecule has 3 aromatic rings. The molecule has 3 heterocycles. The van der Waals surface area contributed by atoms with Crippen LogP contribution in [-0.4, -0.2) is 40.7 Å². The van der Waals surface area contributed by atoms with Gasteiger partial charge >= 0.3 is 0 Å². The number of amides is 2. The second kappa shape index (κ2) is 9.82. The minimum Gasteiger partial charge on any atom is -0.356 e. The fourth-order valence-electron chi connectivity index (χ4n) is 4.24. The van der Waals surface area contributed by atoms with Gasteiger partial charge < -0.3 is 14.7 Å². The monoisotopic (exact) mass is 471 g/mol. The number of carbonyl (C=O) groups excluding carboxylic acids is 3. The quantitative estimate of drug-likeness (QED) is 0.509. The Kier molecular flexibility index (Phi) is 6.88. The summed E-state index contributed by atoms with van der Waals surface area (Å²) in [6, 6.07) is 7.86. The molecule has 1 fully saturated rings. The highest BCUT2D eigenvalue weighted by Crippen LogP contribution is 2.33. The van der Waals surface area contributed by atoms with E-state index in [1.54, 1.807) is 17.0 Å². The average Bonchev–Trinajstić information content (AvgIpc) is 3.44. The summed E-state index contributed by atoms with van der Waals surface area (Å²) in [5.74, 6) is -0.425. The number of hydrogen-bond donors (Lipinski definition) is 1. The third kappa shape index (κ3) is 5.30. The minimum absolute atomic E-state index is 0.0303. The van der Waals surface area contributed by atoms with Crippen LogP contribution in [0.1, 0.15) is 71.7 Å². The molecule has 1 unspecified atom stereocenters. The Morgan fingerprint density at radius 1 is 1.21 bits per heavy atom. The molecule has 1 saturated heterocycles. The van der Waals surface area contributed by atoms with Crippen molar-refractivity contribution in [3.05, 3.63) is 51.6 Å². The molecule has 4 rings (SSSR count). The third-order valence-electron chi connectivity index (χ3n) is 6.01. The van der Waals surface area contributed by atoms with Gasteiger partial charge in [-0.15, -0.1) is 11.3 Å². The van der Waals surface area contributed by atoms with Crippen molar-refractivity contribution in [2.45, 2.75) is 51.5 Å². The van der Waals surface area contributed by atoms with Crippen LogP contribution < -0.4 is 5.32 Å². The maximum Gasteiger partial charge on any atom is 0.223 e. The van der Waals surface area contributed by atoms with E-state index in [2.05, 4.69) is 10.5 Å². The van der Waals surface area contributed by atoms with E-state index in [4.69, 9.17) is 4.52 Å². The highest BCUT2D eigenvalue weighted by molar-refractivity contribution is 7.14. The van der Waals surface area contributed by atoms with E-state index in [1.165, 1.54) is 30.4 Å². The summed E-state index contributed by atoms with van der Waals surface area (Å²) in [6.45, 7) is 4.50. The SMILES string of the molecule is CC(=O)NC(C)c1ccc(C(=O)CCC(=O)N2CCC(c3noc4cc(F)ccc34)CC2)s1. The Hall–Kier alpha value is -3.07. The van der Waals surface area contributed by atoms with Crippen LogP contribution in [-0.2, 0) is 9.59 Å². The molecule has 1 aromatic carbocycles. The Bertz CT molecular complexity index is 1180. The van der Waals surface area contributed by atoms with Crippen molar-refractivity contribution >= 4 is 39.9 Å². The van der Waals surface area contributed by atoms with Gasteiger partial charge in [-0.2, -0.15) is 0 Å². The van der Waals surface area contributed by atoms with E-state index in [0.29, 0.717) is 23.5 Å². The fraction of sp³-hybridized carbons (Fsp3) is 0.417. The number of nitrogens with one attached hydrogen (secondary N) is 1. The first-order chi connectivity index (χ1) is 15.8. The maximum atomic E-state index is 13.4. The average molecular weight is 472 g/mol. The second-order valence-corrected chi connectivity index (χ2v) is 9.53. The number of nitrogens with zero attached hydrogens (tertiary/aromatic N) is 2. The molecule has 174 valence electrons. The first-order valence-electron chi connectivity index (χ1n) is 11.0. The first-order valence-corrected chi connectivity index (χ1v) is 11.9. The Morgan fingerprint density at radius 2 is 1.97 bits per heavy atom. The zero-order valence-corrected chi connectivity index (χ0v) is 19.4. The normalized spacial score (nSPS) is 15.5. The summed E-state index contributed by atoms with van der Waals surface area (Å²) in [5.41, 5.74) is 1.25. The Morgan fingerprint density at radius 3 is 2.70 bits per heavy atom. The van der Waals surface area contributed by atoms with Gasteiger partial charge in [0.25, 0.3) is 0 Å². The van der Waals surface area contributed by atoms with Gasteiger partial charge in [0.2, 0.25) is 11.8 Å². The fourth-order valence-corrected chi connectivity index (χ4v) is 5.22. The van der Waals surface area contributed by atoms with Gasteiger partial charge in [-0.05, 0) is 44.0 Å². The van der Waals surface area contributed by atoms with E-state index < -0.39 is 0 Å². The van der Waals surface area contributed by atoms with Gasteiger partial charge in [0, 0.05) is 55.1 Å². The first kappa shape index (κ1) is 23.1. The molecule has 0 bridgehead atoms. The zero-order valence-electron chi connectivity index (χ0n) is 18.6.